The van der Waals surface area contributed by atoms with Crippen LogP contribution in [0.4, 0.5) is 0 Å². The first-order valence-corrected chi connectivity index (χ1v) is 5.54. The van der Waals surface area contributed by atoms with E-state index in [9.17, 15) is 4.79 Å². The van der Waals surface area contributed by atoms with E-state index < -0.39 is 0 Å². The van der Waals surface area contributed by atoms with Gasteiger partial charge in [0.1, 0.15) is 0 Å². The summed E-state index contributed by atoms with van der Waals surface area (Å²) >= 11 is 0. The number of ether oxygens (including phenoxy) is 1. The van der Waals surface area contributed by atoms with Crippen LogP contribution in [0.2, 0.25) is 0 Å². The molecule has 2 rings (SSSR count). The Hall–Kier alpha value is -0.410. The van der Waals surface area contributed by atoms with E-state index in [1.165, 1.54) is 0 Å². The van der Waals surface area contributed by atoms with Gasteiger partial charge in [0.25, 0.3) is 0 Å². The maximum Gasteiger partial charge on any atom is 0.155 e. The van der Waals surface area contributed by atoms with Crippen LogP contribution in [0.15, 0.2) is 0 Å². The lowest BCUT2D eigenvalue weighted by Gasteiger charge is -2.34. The third kappa shape index (κ3) is 1.59. The van der Waals surface area contributed by atoms with Crippen LogP contribution >= 0.6 is 0 Å². The van der Waals surface area contributed by atoms with Crippen LogP contribution in [0.1, 0.15) is 26.7 Å². The highest BCUT2D eigenvalue weighted by molar-refractivity contribution is 5.92. The second-order valence-corrected chi connectivity index (χ2v) is 4.65. The lowest BCUT2D eigenvalue weighted by molar-refractivity contribution is -0.130. The summed E-state index contributed by atoms with van der Waals surface area (Å²) in [6, 6.07) is 0. The molecule has 1 heterocycles. The average Bonchev–Trinajstić information content (AvgIpc) is 2.99. The summed E-state index contributed by atoms with van der Waals surface area (Å²) in [6.45, 7) is 7.43. The van der Waals surface area contributed by atoms with Crippen molar-refractivity contribution < 1.29 is 9.53 Å². The number of ketones is 1. The van der Waals surface area contributed by atoms with E-state index in [0.29, 0.717) is 5.78 Å². The molecule has 0 amide bonds. The van der Waals surface area contributed by atoms with Gasteiger partial charge in [-0.05, 0) is 12.8 Å². The molecule has 0 atom stereocenters. The quantitative estimate of drug-likeness (QED) is 0.678. The van der Waals surface area contributed by atoms with Crippen LogP contribution < -0.4 is 0 Å². The first-order chi connectivity index (χ1) is 6.67. The van der Waals surface area contributed by atoms with Gasteiger partial charge in [-0.25, -0.2) is 0 Å². The Balaban J connectivity index is 2.04. The van der Waals surface area contributed by atoms with Gasteiger partial charge in [-0.1, -0.05) is 13.8 Å². The molecule has 1 aliphatic heterocycles. The zero-order valence-corrected chi connectivity index (χ0v) is 9.08. The molecule has 1 saturated carbocycles. The summed E-state index contributed by atoms with van der Waals surface area (Å²) < 4.78 is 5.31. The van der Waals surface area contributed by atoms with Gasteiger partial charge in [0.05, 0.1) is 18.8 Å². The molecule has 3 nitrogen and oxygen atoms in total. The summed E-state index contributed by atoms with van der Waals surface area (Å²) in [6.07, 6.45) is 2.12. The molecular formula is C11H19NO2. The smallest absolute Gasteiger partial charge is 0.155 e. The van der Waals surface area contributed by atoms with Crippen molar-refractivity contribution in [2.75, 3.05) is 26.3 Å². The highest BCUT2D eigenvalue weighted by atomic mass is 16.5. The topological polar surface area (TPSA) is 29.5 Å². The lowest BCUT2D eigenvalue weighted by Crippen LogP contribution is -2.50. The zero-order valence-electron chi connectivity index (χ0n) is 9.08. The predicted octanol–water partition coefficient (Wildman–Crippen LogP) is 1.08. The Bertz CT molecular complexity index is 227. The van der Waals surface area contributed by atoms with E-state index in [-0.39, 0.29) is 11.5 Å². The van der Waals surface area contributed by atoms with Crippen LogP contribution in [-0.2, 0) is 9.53 Å². The van der Waals surface area contributed by atoms with Crippen LogP contribution in [0.25, 0.3) is 0 Å². The molecule has 1 aliphatic carbocycles. The summed E-state index contributed by atoms with van der Waals surface area (Å²) in [7, 11) is 0. The molecule has 2 aliphatic rings. The van der Waals surface area contributed by atoms with Gasteiger partial charge in [-0.2, -0.15) is 0 Å². The molecule has 3 heteroatoms. The van der Waals surface area contributed by atoms with E-state index in [0.717, 1.165) is 39.1 Å². The number of hydrogen-bond acceptors (Lipinski definition) is 3. The lowest BCUT2D eigenvalue weighted by atomic mass is 9.98. The number of hydrogen-bond donors (Lipinski definition) is 0. The standard InChI is InChI=1S/C11H19NO2/c1-9(2)10(13)11(3-4-11)12-5-7-14-8-6-12/h9H,3-8H2,1-2H3. The maximum absolute atomic E-state index is 12.0. The van der Waals surface area contributed by atoms with E-state index in [1.807, 2.05) is 13.8 Å². The maximum atomic E-state index is 12.0. The first-order valence-electron chi connectivity index (χ1n) is 5.54. The molecule has 0 spiro atoms. The molecule has 80 valence electrons. The molecule has 2 fully saturated rings. The van der Waals surface area contributed by atoms with Crippen molar-refractivity contribution in [1.82, 2.24) is 4.90 Å². The van der Waals surface area contributed by atoms with Gasteiger partial charge in [-0.15, -0.1) is 0 Å². The summed E-state index contributed by atoms with van der Waals surface area (Å²) in [5.74, 6) is 0.597. The van der Waals surface area contributed by atoms with Crippen LogP contribution in [0.3, 0.4) is 0 Å². The molecule has 0 unspecified atom stereocenters. The second-order valence-electron chi connectivity index (χ2n) is 4.65. The summed E-state index contributed by atoms with van der Waals surface area (Å²) in [5.41, 5.74) is -0.0854. The highest BCUT2D eigenvalue weighted by Crippen LogP contribution is 2.44. The third-order valence-corrected chi connectivity index (χ3v) is 3.32. The van der Waals surface area contributed by atoms with Crippen LogP contribution in [0.5, 0.6) is 0 Å². The fourth-order valence-electron chi connectivity index (χ4n) is 2.37. The van der Waals surface area contributed by atoms with E-state index in [4.69, 9.17) is 4.74 Å². The van der Waals surface area contributed by atoms with E-state index in [1.54, 1.807) is 0 Å². The second kappa shape index (κ2) is 3.63. The molecule has 0 aromatic carbocycles. The Morgan fingerprint density at radius 1 is 1.29 bits per heavy atom. The van der Waals surface area contributed by atoms with Crippen molar-refractivity contribution >= 4 is 5.78 Å². The van der Waals surface area contributed by atoms with Gasteiger partial charge in [0, 0.05) is 19.0 Å². The van der Waals surface area contributed by atoms with Crippen molar-refractivity contribution in [3.05, 3.63) is 0 Å². The summed E-state index contributed by atoms with van der Waals surface area (Å²) in [5, 5.41) is 0. The zero-order chi connectivity index (χ0) is 10.2. The molecule has 0 N–H and O–H groups in total. The van der Waals surface area contributed by atoms with Gasteiger partial charge in [-0.3, -0.25) is 9.69 Å². The Morgan fingerprint density at radius 3 is 2.29 bits per heavy atom. The van der Waals surface area contributed by atoms with Crippen molar-refractivity contribution in [3.63, 3.8) is 0 Å². The fraction of sp³-hybridized carbons (Fsp3) is 0.909. The predicted molar refractivity (Wildman–Crippen MR) is 54.2 cm³/mol. The molecular weight excluding hydrogens is 178 g/mol. The summed E-state index contributed by atoms with van der Waals surface area (Å²) in [4.78, 5) is 14.4. The van der Waals surface area contributed by atoms with Crippen molar-refractivity contribution in [1.29, 1.82) is 0 Å². The van der Waals surface area contributed by atoms with Crippen molar-refractivity contribution in [2.45, 2.75) is 32.2 Å². The normalized spacial score (nSPS) is 26.5. The van der Waals surface area contributed by atoms with Gasteiger partial charge in [0.2, 0.25) is 0 Å². The molecule has 1 saturated heterocycles. The number of rotatable bonds is 3. The minimum atomic E-state index is -0.0854. The first kappa shape index (κ1) is 10.1. The Labute approximate surface area is 85.4 Å². The highest BCUT2D eigenvalue weighted by Gasteiger charge is 2.54. The molecule has 0 radical (unpaired) electrons. The number of carbonyl (C=O) groups excluding carboxylic acids is 1. The molecule has 0 aromatic rings. The molecule has 0 aromatic heterocycles. The van der Waals surface area contributed by atoms with Crippen LogP contribution in [-0.4, -0.2) is 42.5 Å². The van der Waals surface area contributed by atoms with Gasteiger partial charge < -0.3 is 4.74 Å². The minimum absolute atomic E-state index is 0.0854. The average molecular weight is 197 g/mol. The van der Waals surface area contributed by atoms with E-state index >= 15 is 0 Å². The van der Waals surface area contributed by atoms with Crippen molar-refractivity contribution in [3.8, 4) is 0 Å². The SMILES string of the molecule is CC(C)C(=O)C1(N2CCOCC2)CC1. The number of nitrogens with zero attached hydrogens (tertiary/aromatic N) is 1. The van der Waals surface area contributed by atoms with E-state index in [2.05, 4.69) is 4.90 Å². The number of carbonyl (C=O) groups is 1. The molecule has 0 bridgehead atoms. The largest absolute Gasteiger partial charge is 0.379 e. The number of morpholine rings is 1. The Kier molecular flexibility index (Phi) is 2.62. The van der Waals surface area contributed by atoms with Gasteiger partial charge >= 0.3 is 0 Å². The van der Waals surface area contributed by atoms with Gasteiger partial charge in [0.15, 0.2) is 5.78 Å². The minimum Gasteiger partial charge on any atom is -0.379 e. The molecule has 14 heavy (non-hydrogen) atoms. The third-order valence-electron chi connectivity index (χ3n) is 3.32. The van der Waals surface area contributed by atoms with Crippen LogP contribution in [0, 0.1) is 5.92 Å². The monoisotopic (exact) mass is 197 g/mol. The Morgan fingerprint density at radius 2 is 1.86 bits per heavy atom. The fourth-order valence-corrected chi connectivity index (χ4v) is 2.37. The van der Waals surface area contributed by atoms with Crippen molar-refractivity contribution in [2.24, 2.45) is 5.92 Å². The number of Topliss-reactive ketones (excluding diaryl/α,β-unsaturated/α-hetero) is 1.